The lowest BCUT2D eigenvalue weighted by atomic mass is 10.0. The number of hydrogen-bond acceptors (Lipinski definition) is 2. The fourth-order valence-electron chi connectivity index (χ4n) is 3.30. The maximum Gasteiger partial charge on any atom is 0.211 e. The zero-order chi connectivity index (χ0) is 18.8. The molecule has 3 aromatic carbocycles. The largest absolute Gasteiger partial charge is 0.369 e. The van der Waals surface area contributed by atoms with Gasteiger partial charge in [-0.2, -0.15) is 5.10 Å². The minimum absolute atomic E-state index is 0.0630. The summed E-state index contributed by atoms with van der Waals surface area (Å²) in [4.78, 5) is 0. The van der Waals surface area contributed by atoms with Crippen LogP contribution in [0.1, 0.15) is 11.1 Å². The van der Waals surface area contributed by atoms with Gasteiger partial charge >= 0.3 is 0 Å². The average Bonchev–Trinajstić information content (AvgIpc) is 2.98. The third-order valence-electron chi connectivity index (χ3n) is 4.46. The van der Waals surface area contributed by atoms with Crippen molar-refractivity contribution in [2.24, 2.45) is 21.7 Å². The Bertz CT molecular complexity index is 1180. The summed E-state index contributed by atoms with van der Waals surface area (Å²) in [5.41, 5.74) is 14.1. The molecule has 0 bridgehead atoms. The van der Waals surface area contributed by atoms with Gasteiger partial charge < -0.3 is 16.0 Å². The highest BCUT2D eigenvalue weighted by Gasteiger charge is 2.10. The minimum atomic E-state index is -0.0630. The third-order valence-corrected chi connectivity index (χ3v) is 4.96. The van der Waals surface area contributed by atoms with Gasteiger partial charge in [0, 0.05) is 33.7 Å². The Morgan fingerprint density at radius 1 is 1.00 bits per heavy atom. The molecule has 27 heavy (non-hydrogen) atoms. The highest BCUT2D eigenvalue weighted by atomic mass is 79.9. The van der Waals surface area contributed by atoms with Crippen LogP contribution in [0.5, 0.6) is 0 Å². The number of hydrogen-bond donors (Lipinski definition) is 2. The first-order valence-corrected chi connectivity index (χ1v) is 9.28. The van der Waals surface area contributed by atoms with Gasteiger partial charge in [-0.05, 0) is 34.5 Å². The summed E-state index contributed by atoms with van der Waals surface area (Å²) in [6, 6.07) is 21.0. The van der Waals surface area contributed by atoms with Crippen LogP contribution in [0.15, 0.2) is 81.5 Å². The van der Waals surface area contributed by atoms with Gasteiger partial charge in [-0.25, -0.2) is 0 Å². The predicted octanol–water partition coefficient (Wildman–Crippen LogP) is 4.21. The first-order chi connectivity index (χ1) is 13.1. The first kappa shape index (κ1) is 17.3. The van der Waals surface area contributed by atoms with Gasteiger partial charge in [0.05, 0.1) is 6.21 Å². The molecule has 0 saturated carbocycles. The van der Waals surface area contributed by atoms with Gasteiger partial charge in [0.2, 0.25) is 5.96 Å². The first-order valence-electron chi connectivity index (χ1n) is 8.49. The van der Waals surface area contributed by atoms with Gasteiger partial charge in [-0.15, -0.1) is 5.10 Å². The van der Waals surface area contributed by atoms with E-state index in [0.717, 1.165) is 27.5 Å². The summed E-state index contributed by atoms with van der Waals surface area (Å²) >= 11 is 3.55. The maximum atomic E-state index is 5.35. The van der Waals surface area contributed by atoms with Crippen molar-refractivity contribution in [1.29, 1.82) is 0 Å². The van der Waals surface area contributed by atoms with Crippen molar-refractivity contribution in [2.45, 2.75) is 6.54 Å². The summed E-state index contributed by atoms with van der Waals surface area (Å²) in [5, 5.41) is 11.3. The molecule has 0 atom stereocenters. The van der Waals surface area contributed by atoms with Crippen LogP contribution >= 0.6 is 15.9 Å². The maximum absolute atomic E-state index is 5.35. The number of aromatic nitrogens is 1. The minimum Gasteiger partial charge on any atom is -0.369 e. The average molecular weight is 420 g/mol. The molecule has 0 amide bonds. The number of nitrogens with zero attached hydrogens (tertiary/aromatic N) is 3. The van der Waals surface area contributed by atoms with Crippen molar-refractivity contribution in [2.75, 3.05) is 0 Å². The van der Waals surface area contributed by atoms with Crippen LogP contribution in [0, 0.1) is 0 Å². The second-order valence-corrected chi connectivity index (χ2v) is 7.20. The van der Waals surface area contributed by atoms with E-state index in [2.05, 4.69) is 91.5 Å². The van der Waals surface area contributed by atoms with Crippen LogP contribution in [0.25, 0.3) is 21.7 Å². The number of fused-ring (bicyclic) bond motifs is 2. The third kappa shape index (κ3) is 3.57. The van der Waals surface area contributed by atoms with E-state index in [9.17, 15) is 0 Å². The molecule has 0 saturated heterocycles. The molecule has 6 heteroatoms. The number of nitrogens with two attached hydrogens (primary N) is 2. The smallest absolute Gasteiger partial charge is 0.211 e. The van der Waals surface area contributed by atoms with E-state index in [-0.39, 0.29) is 5.96 Å². The molecule has 1 heterocycles. The molecule has 0 aliphatic heterocycles. The number of guanidine groups is 1. The molecule has 5 nitrogen and oxygen atoms in total. The quantitative estimate of drug-likeness (QED) is 0.295. The number of benzene rings is 3. The Morgan fingerprint density at radius 2 is 1.81 bits per heavy atom. The molecule has 4 N–H and O–H groups in total. The molecule has 4 rings (SSSR count). The van der Waals surface area contributed by atoms with E-state index >= 15 is 0 Å². The molecule has 0 radical (unpaired) electrons. The highest BCUT2D eigenvalue weighted by Crippen LogP contribution is 2.27. The Kier molecular flexibility index (Phi) is 4.64. The Labute approximate surface area is 165 Å². The Hall–Kier alpha value is -3.12. The van der Waals surface area contributed by atoms with Gasteiger partial charge in [0.1, 0.15) is 0 Å². The van der Waals surface area contributed by atoms with Crippen LogP contribution in [-0.4, -0.2) is 16.7 Å². The summed E-state index contributed by atoms with van der Waals surface area (Å²) in [5.74, 6) is -0.0630. The van der Waals surface area contributed by atoms with Crippen molar-refractivity contribution >= 4 is 49.8 Å². The number of rotatable bonds is 4. The normalized spacial score (nSPS) is 11.4. The van der Waals surface area contributed by atoms with E-state index in [1.165, 1.54) is 16.3 Å². The highest BCUT2D eigenvalue weighted by molar-refractivity contribution is 9.10. The lowest BCUT2D eigenvalue weighted by Gasteiger charge is -2.09. The van der Waals surface area contributed by atoms with E-state index in [0.29, 0.717) is 0 Å². The van der Waals surface area contributed by atoms with Crippen LogP contribution in [0.2, 0.25) is 0 Å². The second kappa shape index (κ2) is 7.25. The van der Waals surface area contributed by atoms with Crippen LogP contribution in [-0.2, 0) is 6.54 Å². The molecule has 0 unspecified atom stereocenters. The lowest BCUT2D eigenvalue weighted by molar-refractivity contribution is 0.842. The SMILES string of the molecule is NC(N)=N/N=C/c1cn(Cc2cccc3ccccc23)c2ccc(Br)cc12. The Balaban J connectivity index is 1.82. The van der Waals surface area contributed by atoms with Gasteiger partial charge in [-0.3, -0.25) is 0 Å². The molecule has 0 spiro atoms. The standard InChI is InChI=1S/C21H18BrN5/c22-17-8-9-20-19(10-17)16(11-25-26-21(23)24)13-27(20)12-15-6-3-5-14-4-1-2-7-18(14)15/h1-11,13H,12H2,(H4,23,24,26)/b25-11+. The van der Waals surface area contributed by atoms with Crippen molar-refractivity contribution < 1.29 is 0 Å². The predicted molar refractivity (Wildman–Crippen MR) is 116 cm³/mol. The van der Waals surface area contributed by atoms with E-state index < -0.39 is 0 Å². The summed E-state index contributed by atoms with van der Waals surface area (Å²) in [6.07, 6.45) is 3.75. The fourth-order valence-corrected chi connectivity index (χ4v) is 3.66. The molecule has 0 aliphatic carbocycles. The van der Waals surface area contributed by atoms with Crippen molar-refractivity contribution in [3.8, 4) is 0 Å². The molecule has 1 aromatic heterocycles. The zero-order valence-electron chi connectivity index (χ0n) is 14.5. The Morgan fingerprint density at radius 3 is 2.67 bits per heavy atom. The van der Waals surface area contributed by atoms with Gasteiger partial charge in [0.25, 0.3) is 0 Å². The summed E-state index contributed by atoms with van der Waals surface area (Å²) in [6.45, 7) is 0.760. The molecule has 134 valence electrons. The molecule has 4 aromatic rings. The summed E-state index contributed by atoms with van der Waals surface area (Å²) in [7, 11) is 0. The second-order valence-electron chi connectivity index (χ2n) is 6.28. The van der Waals surface area contributed by atoms with Crippen LogP contribution in [0.3, 0.4) is 0 Å². The molecular formula is C21H18BrN5. The van der Waals surface area contributed by atoms with Crippen molar-refractivity contribution in [1.82, 2.24) is 4.57 Å². The van der Waals surface area contributed by atoms with E-state index in [4.69, 9.17) is 11.5 Å². The lowest BCUT2D eigenvalue weighted by Crippen LogP contribution is -2.21. The van der Waals surface area contributed by atoms with Gasteiger partial charge in [0.15, 0.2) is 0 Å². The zero-order valence-corrected chi connectivity index (χ0v) is 16.1. The summed E-state index contributed by atoms with van der Waals surface area (Å²) < 4.78 is 3.23. The van der Waals surface area contributed by atoms with Gasteiger partial charge in [-0.1, -0.05) is 58.4 Å². The topological polar surface area (TPSA) is 81.7 Å². The van der Waals surface area contributed by atoms with Crippen molar-refractivity contribution in [3.63, 3.8) is 0 Å². The molecular weight excluding hydrogens is 402 g/mol. The van der Waals surface area contributed by atoms with Crippen LogP contribution in [0.4, 0.5) is 0 Å². The molecule has 0 aliphatic rings. The fraction of sp³-hybridized carbons (Fsp3) is 0.0476. The van der Waals surface area contributed by atoms with Crippen LogP contribution < -0.4 is 11.5 Å². The molecule has 0 fully saturated rings. The number of halogens is 1. The van der Waals surface area contributed by atoms with E-state index in [1.807, 2.05) is 6.07 Å². The monoisotopic (exact) mass is 419 g/mol. The van der Waals surface area contributed by atoms with E-state index in [1.54, 1.807) is 6.21 Å². The van der Waals surface area contributed by atoms with Crippen molar-refractivity contribution in [3.05, 3.63) is 82.5 Å².